The predicted molar refractivity (Wildman–Crippen MR) is 106 cm³/mol. The smallest absolute Gasteiger partial charge is 0.387 e. The van der Waals surface area contributed by atoms with E-state index in [1.165, 1.54) is 48.7 Å². The Morgan fingerprint density at radius 1 is 1.31 bits per heavy atom. The number of ether oxygens (including phenoxy) is 2. The van der Waals surface area contributed by atoms with Gasteiger partial charge in [0.15, 0.2) is 11.5 Å². The number of halogens is 3. The van der Waals surface area contributed by atoms with Crippen molar-refractivity contribution in [1.82, 2.24) is 14.8 Å². The highest BCUT2D eigenvalue weighted by atomic mass is 79.9. The fourth-order valence-corrected chi connectivity index (χ4v) is 2.88. The van der Waals surface area contributed by atoms with Gasteiger partial charge in [0.2, 0.25) is 5.91 Å². The lowest BCUT2D eigenvalue weighted by Gasteiger charge is -2.12. The first-order valence-corrected chi connectivity index (χ1v) is 9.02. The van der Waals surface area contributed by atoms with E-state index in [0.717, 1.165) is 4.47 Å². The third-order valence-electron chi connectivity index (χ3n) is 3.73. The fourth-order valence-electron chi connectivity index (χ4n) is 2.52. The highest BCUT2D eigenvalue weighted by Crippen LogP contribution is 2.33. The predicted octanol–water partition coefficient (Wildman–Crippen LogP) is 4.29. The second-order valence-electron chi connectivity index (χ2n) is 5.58. The number of methoxy groups -OCH3 is 1. The Labute approximate surface area is 173 Å². The Bertz CT molecular complexity index is 1030. The summed E-state index contributed by atoms with van der Waals surface area (Å²) in [7, 11) is 1.34. The molecule has 0 aliphatic carbocycles. The molecule has 3 rings (SSSR count). The molecule has 0 aliphatic heterocycles. The quantitative estimate of drug-likeness (QED) is 0.527. The van der Waals surface area contributed by atoms with Crippen LogP contribution in [0.25, 0.3) is 11.8 Å². The maximum Gasteiger partial charge on any atom is 0.387 e. The van der Waals surface area contributed by atoms with E-state index in [-0.39, 0.29) is 17.1 Å². The van der Waals surface area contributed by atoms with Crippen molar-refractivity contribution in [2.45, 2.75) is 6.61 Å². The number of para-hydroxylation sites is 1. The zero-order valence-electron chi connectivity index (χ0n) is 15.1. The summed E-state index contributed by atoms with van der Waals surface area (Å²) >= 11 is 3.36. The number of nitrogens with one attached hydrogen (secondary N) is 1. The van der Waals surface area contributed by atoms with Crippen molar-refractivity contribution < 1.29 is 23.0 Å². The number of hydrogen-bond acceptors (Lipinski definition) is 5. The number of nitrogens with zero attached hydrogens (tertiary/aromatic N) is 3. The summed E-state index contributed by atoms with van der Waals surface area (Å²) in [6.45, 7) is -3.03. The van der Waals surface area contributed by atoms with Crippen LogP contribution in [-0.2, 0) is 4.79 Å². The summed E-state index contributed by atoms with van der Waals surface area (Å²) in [4.78, 5) is 16.3. The molecule has 3 aromatic rings. The molecular weight excluding hydrogens is 450 g/mol. The first kappa shape index (κ1) is 20.5. The summed E-state index contributed by atoms with van der Waals surface area (Å²) in [6.07, 6.45) is 5.45. The number of hydrogen-bond donors (Lipinski definition) is 1. The SMILES string of the molecule is COc1cccc(C=CC(=O)Nc2cc(Br)ccc2-n2cncn2)c1OC(F)F. The van der Waals surface area contributed by atoms with E-state index in [4.69, 9.17) is 4.74 Å². The van der Waals surface area contributed by atoms with Crippen LogP contribution < -0.4 is 14.8 Å². The maximum atomic E-state index is 12.7. The van der Waals surface area contributed by atoms with Crippen LogP contribution >= 0.6 is 15.9 Å². The molecule has 0 bridgehead atoms. The molecule has 29 heavy (non-hydrogen) atoms. The largest absolute Gasteiger partial charge is 0.493 e. The molecule has 10 heteroatoms. The molecule has 0 unspecified atom stereocenters. The van der Waals surface area contributed by atoms with Gasteiger partial charge in [-0.25, -0.2) is 9.67 Å². The van der Waals surface area contributed by atoms with Crippen LogP contribution in [0.15, 0.2) is 59.6 Å². The molecule has 0 spiro atoms. The Balaban J connectivity index is 1.84. The maximum absolute atomic E-state index is 12.7. The first-order chi connectivity index (χ1) is 14.0. The standard InChI is InChI=1S/C19H15BrF2N4O3/c1-28-16-4-2-3-12(18(16)29-19(21)22)5-8-17(27)25-14-9-13(20)6-7-15(14)26-11-23-10-24-26/h2-11,19H,1H3,(H,25,27). The van der Waals surface area contributed by atoms with Crippen LogP contribution in [0.2, 0.25) is 0 Å². The monoisotopic (exact) mass is 464 g/mol. The second kappa shape index (κ2) is 9.28. The van der Waals surface area contributed by atoms with E-state index < -0.39 is 12.5 Å². The lowest BCUT2D eigenvalue weighted by Crippen LogP contribution is -2.11. The van der Waals surface area contributed by atoms with Crippen molar-refractivity contribution in [3.8, 4) is 17.2 Å². The first-order valence-electron chi connectivity index (χ1n) is 8.23. The minimum atomic E-state index is -3.03. The van der Waals surface area contributed by atoms with Crippen molar-refractivity contribution in [2.24, 2.45) is 0 Å². The lowest BCUT2D eigenvalue weighted by molar-refractivity contribution is -0.111. The van der Waals surface area contributed by atoms with Crippen LogP contribution in [0, 0.1) is 0 Å². The van der Waals surface area contributed by atoms with Gasteiger partial charge in [0.05, 0.1) is 18.5 Å². The van der Waals surface area contributed by atoms with Crippen LogP contribution in [0.5, 0.6) is 11.5 Å². The molecule has 1 aromatic heterocycles. The zero-order valence-corrected chi connectivity index (χ0v) is 16.6. The number of anilines is 1. The van der Waals surface area contributed by atoms with Gasteiger partial charge < -0.3 is 14.8 Å². The molecule has 0 aliphatic rings. The molecule has 7 nitrogen and oxygen atoms in total. The van der Waals surface area contributed by atoms with Crippen LogP contribution in [0.4, 0.5) is 14.5 Å². The van der Waals surface area contributed by atoms with Gasteiger partial charge in [-0.3, -0.25) is 4.79 Å². The fraction of sp³-hybridized carbons (Fsp3) is 0.105. The van der Waals surface area contributed by atoms with Crippen molar-refractivity contribution in [1.29, 1.82) is 0 Å². The van der Waals surface area contributed by atoms with Crippen molar-refractivity contribution in [3.05, 3.63) is 65.2 Å². The summed E-state index contributed by atoms with van der Waals surface area (Å²) in [5.74, 6) is -0.497. The number of amides is 1. The second-order valence-corrected chi connectivity index (χ2v) is 6.50. The summed E-state index contributed by atoms with van der Waals surface area (Å²) < 4.78 is 37.3. The van der Waals surface area contributed by atoms with Gasteiger partial charge >= 0.3 is 6.61 Å². The average Bonchev–Trinajstić information content (AvgIpc) is 3.21. The van der Waals surface area contributed by atoms with Crippen molar-refractivity contribution in [2.75, 3.05) is 12.4 Å². The minimum Gasteiger partial charge on any atom is -0.493 e. The van der Waals surface area contributed by atoms with Gasteiger partial charge in [-0.15, -0.1) is 0 Å². The molecule has 1 N–H and O–H groups in total. The molecule has 1 heterocycles. The Morgan fingerprint density at radius 2 is 2.14 bits per heavy atom. The number of alkyl halides is 2. The molecular formula is C19H15BrF2N4O3. The van der Waals surface area contributed by atoms with E-state index in [2.05, 4.69) is 36.1 Å². The zero-order chi connectivity index (χ0) is 20.8. The van der Waals surface area contributed by atoms with E-state index in [0.29, 0.717) is 11.4 Å². The van der Waals surface area contributed by atoms with Crippen LogP contribution in [0.3, 0.4) is 0 Å². The van der Waals surface area contributed by atoms with Gasteiger partial charge in [-0.1, -0.05) is 28.1 Å². The summed E-state index contributed by atoms with van der Waals surface area (Å²) in [5.41, 5.74) is 1.36. The number of aromatic nitrogens is 3. The summed E-state index contributed by atoms with van der Waals surface area (Å²) in [6, 6.07) is 9.89. The number of carbonyl (C=O) groups is 1. The highest BCUT2D eigenvalue weighted by molar-refractivity contribution is 9.10. The molecule has 0 radical (unpaired) electrons. The van der Waals surface area contributed by atoms with Crippen LogP contribution in [0.1, 0.15) is 5.56 Å². The van der Waals surface area contributed by atoms with E-state index in [1.807, 2.05) is 0 Å². The van der Waals surface area contributed by atoms with Gasteiger partial charge in [-0.05, 0) is 30.3 Å². The van der Waals surface area contributed by atoms with Crippen LogP contribution in [-0.4, -0.2) is 34.4 Å². The van der Waals surface area contributed by atoms with Gasteiger partial charge in [0, 0.05) is 16.1 Å². The number of benzene rings is 2. The number of rotatable bonds is 7. The topological polar surface area (TPSA) is 78.3 Å². The van der Waals surface area contributed by atoms with Gasteiger partial charge in [0.1, 0.15) is 12.7 Å². The van der Waals surface area contributed by atoms with E-state index in [9.17, 15) is 13.6 Å². The Kier molecular flexibility index (Phi) is 6.55. The molecule has 0 saturated heterocycles. The van der Waals surface area contributed by atoms with E-state index in [1.54, 1.807) is 24.3 Å². The summed E-state index contributed by atoms with van der Waals surface area (Å²) in [5, 5.41) is 6.79. The van der Waals surface area contributed by atoms with Gasteiger partial charge in [-0.2, -0.15) is 13.9 Å². The molecule has 0 fully saturated rings. The van der Waals surface area contributed by atoms with Crippen molar-refractivity contribution in [3.63, 3.8) is 0 Å². The lowest BCUT2D eigenvalue weighted by atomic mass is 10.1. The number of carbonyl (C=O) groups excluding carboxylic acids is 1. The molecule has 150 valence electrons. The molecule has 2 aromatic carbocycles. The normalized spacial score (nSPS) is 11.1. The third kappa shape index (κ3) is 5.17. The molecule has 1 amide bonds. The minimum absolute atomic E-state index is 0.133. The Hall–Kier alpha value is -3.27. The van der Waals surface area contributed by atoms with Gasteiger partial charge in [0.25, 0.3) is 0 Å². The molecule has 0 atom stereocenters. The highest BCUT2D eigenvalue weighted by Gasteiger charge is 2.14. The molecule has 0 saturated carbocycles. The average molecular weight is 465 g/mol. The van der Waals surface area contributed by atoms with E-state index >= 15 is 0 Å². The Morgan fingerprint density at radius 3 is 2.83 bits per heavy atom. The van der Waals surface area contributed by atoms with Crippen molar-refractivity contribution >= 4 is 33.6 Å². The third-order valence-corrected chi connectivity index (χ3v) is 4.23.